The first-order valence-electron chi connectivity index (χ1n) is 4.47. The van der Waals surface area contributed by atoms with Gasteiger partial charge in [0.25, 0.3) is 0 Å². The van der Waals surface area contributed by atoms with E-state index in [2.05, 4.69) is 5.32 Å². The van der Waals surface area contributed by atoms with E-state index in [0.29, 0.717) is 16.1 Å². The Morgan fingerprint density at radius 1 is 1.23 bits per heavy atom. The summed E-state index contributed by atoms with van der Waals surface area (Å²) in [6.07, 6.45) is 3.82. The molecule has 1 aliphatic rings. The molecule has 1 N–H and O–H groups in total. The van der Waals surface area contributed by atoms with Crippen LogP contribution >= 0.6 is 23.2 Å². The maximum absolute atomic E-state index is 6.01. The highest BCUT2D eigenvalue weighted by molar-refractivity contribution is 6.36. The zero-order valence-corrected chi connectivity index (χ0v) is 8.70. The molecule has 1 aromatic carbocycles. The molecule has 1 aliphatic carbocycles. The summed E-state index contributed by atoms with van der Waals surface area (Å²) in [7, 11) is 0. The highest BCUT2D eigenvalue weighted by Gasteiger charge is 2.17. The molecule has 3 heteroatoms. The normalized spacial score (nSPS) is 16.8. The van der Waals surface area contributed by atoms with Gasteiger partial charge in [0.2, 0.25) is 0 Å². The molecule has 0 spiro atoms. The van der Waals surface area contributed by atoms with Crippen LogP contribution in [0, 0.1) is 0 Å². The third kappa shape index (κ3) is 2.09. The Labute approximate surface area is 88.0 Å². The van der Waals surface area contributed by atoms with Gasteiger partial charge in [0.1, 0.15) is 0 Å². The summed E-state index contributed by atoms with van der Waals surface area (Å²) in [5, 5.41) is 4.78. The standard InChI is InChI=1S/C10H11Cl2N/c11-7-4-5-10(9(12)6-7)13-8-2-1-3-8/h4-6,8,13H,1-3H2. The summed E-state index contributed by atoms with van der Waals surface area (Å²) in [6.45, 7) is 0. The van der Waals surface area contributed by atoms with Gasteiger partial charge in [-0.15, -0.1) is 0 Å². The molecule has 0 unspecified atom stereocenters. The van der Waals surface area contributed by atoms with E-state index >= 15 is 0 Å². The van der Waals surface area contributed by atoms with Crippen molar-refractivity contribution in [1.82, 2.24) is 0 Å². The summed E-state index contributed by atoms with van der Waals surface area (Å²) in [5.41, 5.74) is 0.996. The van der Waals surface area contributed by atoms with Gasteiger partial charge in [-0.25, -0.2) is 0 Å². The van der Waals surface area contributed by atoms with E-state index in [1.54, 1.807) is 6.07 Å². The molecule has 70 valence electrons. The molecule has 0 aromatic heterocycles. The second-order valence-electron chi connectivity index (χ2n) is 3.40. The maximum atomic E-state index is 6.01. The lowest BCUT2D eigenvalue weighted by Crippen LogP contribution is -2.27. The van der Waals surface area contributed by atoms with Crippen LogP contribution in [0.25, 0.3) is 0 Å². The largest absolute Gasteiger partial charge is 0.381 e. The SMILES string of the molecule is Clc1ccc(NC2CCC2)c(Cl)c1. The molecule has 0 amide bonds. The first kappa shape index (κ1) is 9.17. The van der Waals surface area contributed by atoms with E-state index in [9.17, 15) is 0 Å². The van der Waals surface area contributed by atoms with Gasteiger partial charge < -0.3 is 5.32 Å². The Balaban J connectivity index is 2.10. The number of anilines is 1. The van der Waals surface area contributed by atoms with E-state index in [4.69, 9.17) is 23.2 Å². The van der Waals surface area contributed by atoms with Crippen molar-refractivity contribution in [3.05, 3.63) is 28.2 Å². The predicted molar refractivity (Wildman–Crippen MR) is 57.7 cm³/mol. The Bertz CT molecular complexity index is 308. The Morgan fingerprint density at radius 2 is 2.00 bits per heavy atom. The summed E-state index contributed by atoms with van der Waals surface area (Å²) in [4.78, 5) is 0. The zero-order valence-electron chi connectivity index (χ0n) is 7.19. The Kier molecular flexibility index (Phi) is 2.66. The Hall–Kier alpha value is -0.400. The molecule has 1 fully saturated rings. The third-order valence-corrected chi connectivity index (χ3v) is 2.94. The summed E-state index contributed by atoms with van der Waals surface area (Å²) in [5.74, 6) is 0. The lowest BCUT2D eigenvalue weighted by molar-refractivity contribution is 0.445. The van der Waals surface area contributed by atoms with Crippen LogP contribution in [0.5, 0.6) is 0 Å². The van der Waals surface area contributed by atoms with Gasteiger partial charge >= 0.3 is 0 Å². The first-order chi connectivity index (χ1) is 6.25. The fourth-order valence-corrected chi connectivity index (χ4v) is 1.84. The van der Waals surface area contributed by atoms with Crippen LogP contribution in [-0.2, 0) is 0 Å². The van der Waals surface area contributed by atoms with Gasteiger partial charge in [-0.05, 0) is 37.5 Å². The predicted octanol–water partition coefficient (Wildman–Crippen LogP) is 3.96. The molecule has 0 heterocycles. The summed E-state index contributed by atoms with van der Waals surface area (Å²) >= 11 is 11.8. The fourth-order valence-electron chi connectivity index (χ4n) is 1.38. The molecule has 13 heavy (non-hydrogen) atoms. The van der Waals surface area contributed by atoms with E-state index in [0.717, 1.165) is 5.69 Å². The summed E-state index contributed by atoms with van der Waals surface area (Å²) < 4.78 is 0. The lowest BCUT2D eigenvalue weighted by Gasteiger charge is -2.27. The molecule has 1 nitrogen and oxygen atoms in total. The second-order valence-corrected chi connectivity index (χ2v) is 4.24. The minimum Gasteiger partial charge on any atom is -0.381 e. The molecule has 0 bridgehead atoms. The van der Waals surface area contributed by atoms with Gasteiger partial charge in [-0.1, -0.05) is 23.2 Å². The molecule has 0 radical (unpaired) electrons. The van der Waals surface area contributed by atoms with Crippen LogP contribution in [0.3, 0.4) is 0 Å². The van der Waals surface area contributed by atoms with Crippen molar-refractivity contribution in [2.45, 2.75) is 25.3 Å². The van der Waals surface area contributed by atoms with Crippen molar-refractivity contribution < 1.29 is 0 Å². The highest BCUT2D eigenvalue weighted by atomic mass is 35.5. The van der Waals surface area contributed by atoms with Gasteiger partial charge in [0.05, 0.1) is 10.7 Å². The second kappa shape index (κ2) is 3.77. The first-order valence-corrected chi connectivity index (χ1v) is 5.23. The van der Waals surface area contributed by atoms with Crippen molar-refractivity contribution in [1.29, 1.82) is 0 Å². The van der Waals surface area contributed by atoms with Crippen molar-refractivity contribution in [3.63, 3.8) is 0 Å². The number of benzene rings is 1. The van der Waals surface area contributed by atoms with Crippen LogP contribution in [0.4, 0.5) is 5.69 Å². The molecular formula is C10H11Cl2N. The lowest BCUT2D eigenvalue weighted by atomic mass is 9.93. The van der Waals surface area contributed by atoms with Crippen LogP contribution in [0.1, 0.15) is 19.3 Å². The maximum Gasteiger partial charge on any atom is 0.0652 e. The van der Waals surface area contributed by atoms with Crippen LogP contribution in [0.15, 0.2) is 18.2 Å². The third-order valence-electron chi connectivity index (χ3n) is 2.40. The monoisotopic (exact) mass is 215 g/mol. The van der Waals surface area contributed by atoms with E-state index in [-0.39, 0.29) is 0 Å². The van der Waals surface area contributed by atoms with E-state index < -0.39 is 0 Å². The van der Waals surface area contributed by atoms with Crippen molar-refractivity contribution in [2.24, 2.45) is 0 Å². The van der Waals surface area contributed by atoms with Crippen molar-refractivity contribution in [3.8, 4) is 0 Å². The average Bonchev–Trinajstić information content (AvgIpc) is 1.99. The van der Waals surface area contributed by atoms with Crippen LogP contribution in [0.2, 0.25) is 10.0 Å². The zero-order chi connectivity index (χ0) is 9.26. The minimum atomic E-state index is 0.610. The van der Waals surface area contributed by atoms with Crippen LogP contribution < -0.4 is 5.32 Å². The minimum absolute atomic E-state index is 0.610. The molecule has 0 aliphatic heterocycles. The van der Waals surface area contributed by atoms with Gasteiger partial charge in [-0.3, -0.25) is 0 Å². The van der Waals surface area contributed by atoms with Gasteiger partial charge in [0, 0.05) is 11.1 Å². The molecule has 0 saturated heterocycles. The topological polar surface area (TPSA) is 12.0 Å². The Morgan fingerprint density at radius 3 is 2.54 bits per heavy atom. The van der Waals surface area contributed by atoms with Crippen molar-refractivity contribution >= 4 is 28.9 Å². The van der Waals surface area contributed by atoms with Crippen LogP contribution in [-0.4, -0.2) is 6.04 Å². The number of hydrogen-bond donors (Lipinski definition) is 1. The number of halogens is 2. The molecule has 2 rings (SSSR count). The number of nitrogens with one attached hydrogen (secondary N) is 1. The molecule has 1 saturated carbocycles. The molecular weight excluding hydrogens is 205 g/mol. The summed E-state index contributed by atoms with van der Waals surface area (Å²) in [6, 6.07) is 6.17. The van der Waals surface area contributed by atoms with Gasteiger partial charge in [-0.2, -0.15) is 0 Å². The van der Waals surface area contributed by atoms with Crippen molar-refractivity contribution in [2.75, 3.05) is 5.32 Å². The van der Waals surface area contributed by atoms with E-state index in [1.165, 1.54) is 19.3 Å². The average molecular weight is 216 g/mol. The van der Waals surface area contributed by atoms with Gasteiger partial charge in [0.15, 0.2) is 0 Å². The van der Waals surface area contributed by atoms with E-state index in [1.807, 2.05) is 12.1 Å². The fraction of sp³-hybridized carbons (Fsp3) is 0.400. The molecule has 1 aromatic rings. The smallest absolute Gasteiger partial charge is 0.0652 e. The highest BCUT2D eigenvalue weighted by Crippen LogP contribution is 2.29. The number of hydrogen-bond acceptors (Lipinski definition) is 1. The molecule has 0 atom stereocenters. The number of rotatable bonds is 2. The quantitative estimate of drug-likeness (QED) is 0.788.